The standard InChI is InChI=1S/C17H15N5OS/c1-10(13-4-2-3-5-19-13)8-11-9-12-14(18)21-15(22-17(12)24-11)16-20-6-7-23-16/h2-7,9-10H,8H2,1H3,(H2,18,21,22). The van der Waals surface area contributed by atoms with Crippen molar-refractivity contribution >= 4 is 27.4 Å². The smallest absolute Gasteiger partial charge is 0.264 e. The van der Waals surface area contributed by atoms with Crippen LogP contribution in [0.1, 0.15) is 23.4 Å². The summed E-state index contributed by atoms with van der Waals surface area (Å²) in [6, 6.07) is 8.05. The quantitative estimate of drug-likeness (QED) is 0.611. The molecule has 0 aromatic carbocycles. The topological polar surface area (TPSA) is 90.7 Å². The Labute approximate surface area is 142 Å². The number of anilines is 1. The molecule has 0 radical (unpaired) electrons. The van der Waals surface area contributed by atoms with Crippen molar-refractivity contribution in [3.05, 3.63) is 53.5 Å². The number of hydrogen-bond donors (Lipinski definition) is 1. The summed E-state index contributed by atoms with van der Waals surface area (Å²) in [7, 11) is 0. The zero-order valence-corrected chi connectivity index (χ0v) is 13.8. The van der Waals surface area contributed by atoms with E-state index < -0.39 is 0 Å². The van der Waals surface area contributed by atoms with Gasteiger partial charge in [0.15, 0.2) is 0 Å². The van der Waals surface area contributed by atoms with E-state index in [-0.39, 0.29) is 0 Å². The number of nitrogens with two attached hydrogens (primary N) is 1. The summed E-state index contributed by atoms with van der Waals surface area (Å²) in [5.74, 6) is 1.55. The van der Waals surface area contributed by atoms with Gasteiger partial charge < -0.3 is 10.2 Å². The number of nitrogen functional groups attached to an aromatic ring is 1. The molecule has 2 N–H and O–H groups in total. The summed E-state index contributed by atoms with van der Waals surface area (Å²) in [4.78, 5) is 19.4. The van der Waals surface area contributed by atoms with E-state index in [2.05, 4.69) is 32.9 Å². The Hall–Kier alpha value is -2.80. The highest BCUT2D eigenvalue weighted by Crippen LogP contribution is 2.32. The van der Waals surface area contributed by atoms with Crippen molar-refractivity contribution in [3.8, 4) is 11.7 Å². The normalized spacial score (nSPS) is 12.5. The maximum atomic E-state index is 6.09. The van der Waals surface area contributed by atoms with E-state index >= 15 is 0 Å². The van der Waals surface area contributed by atoms with E-state index in [0.29, 0.717) is 23.5 Å². The van der Waals surface area contributed by atoms with Gasteiger partial charge >= 0.3 is 0 Å². The first-order chi connectivity index (χ1) is 11.7. The molecule has 24 heavy (non-hydrogen) atoms. The Morgan fingerprint density at radius 3 is 2.88 bits per heavy atom. The molecule has 0 aliphatic rings. The number of oxazole rings is 1. The molecule has 4 heterocycles. The van der Waals surface area contributed by atoms with Crippen LogP contribution in [-0.4, -0.2) is 19.9 Å². The Balaban J connectivity index is 1.67. The lowest BCUT2D eigenvalue weighted by Gasteiger charge is -2.08. The summed E-state index contributed by atoms with van der Waals surface area (Å²) in [6.45, 7) is 2.17. The lowest BCUT2D eigenvalue weighted by atomic mass is 10.0. The number of pyridine rings is 1. The van der Waals surface area contributed by atoms with Crippen molar-refractivity contribution in [2.24, 2.45) is 0 Å². The van der Waals surface area contributed by atoms with Gasteiger partial charge in [-0.15, -0.1) is 11.3 Å². The van der Waals surface area contributed by atoms with Gasteiger partial charge in [0, 0.05) is 22.7 Å². The van der Waals surface area contributed by atoms with Crippen LogP contribution in [0.5, 0.6) is 0 Å². The van der Waals surface area contributed by atoms with Crippen LogP contribution in [-0.2, 0) is 6.42 Å². The summed E-state index contributed by atoms with van der Waals surface area (Å²) in [6.07, 6.45) is 5.76. The van der Waals surface area contributed by atoms with Crippen LogP contribution < -0.4 is 5.73 Å². The molecule has 6 nitrogen and oxygen atoms in total. The number of aromatic nitrogens is 4. The van der Waals surface area contributed by atoms with Gasteiger partial charge in [-0.1, -0.05) is 13.0 Å². The molecule has 0 amide bonds. The Kier molecular flexibility index (Phi) is 3.70. The fraction of sp³-hybridized carbons (Fsp3) is 0.176. The Bertz CT molecular complexity index is 965. The number of hydrogen-bond acceptors (Lipinski definition) is 7. The van der Waals surface area contributed by atoms with Gasteiger partial charge in [0.05, 0.1) is 11.6 Å². The minimum atomic E-state index is 0.319. The Morgan fingerprint density at radius 2 is 2.12 bits per heavy atom. The molecule has 1 atom stereocenters. The van der Waals surface area contributed by atoms with Crippen LogP contribution in [0.25, 0.3) is 21.9 Å². The van der Waals surface area contributed by atoms with E-state index in [1.165, 1.54) is 11.1 Å². The van der Waals surface area contributed by atoms with Crippen molar-refractivity contribution in [1.29, 1.82) is 0 Å². The highest BCUT2D eigenvalue weighted by molar-refractivity contribution is 7.18. The van der Waals surface area contributed by atoms with Gasteiger partial charge in [-0.2, -0.15) is 0 Å². The molecule has 0 spiro atoms. The van der Waals surface area contributed by atoms with E-state index in [9.17, 15) is 0 Å². The fourth-order valence-electron chi connectivity index (χ4n) is 2.60. The molecule has 1 unspecified atom stereocenters. The van der Waals surface area contributed by atoms with E-state index in [0.717, 1.165) is 22.3 Å². The van der Waals surface area contributed by atoms with Crippen LogP contribution in [0.4, 0.5) is 5.82 Å². The SMILES string of the molecule is CC(Cc1cc2c(N)nc(-c3ncco3)nc2s1)c1ccccn1. The first-order valence-corrected chi connectivity index (χ1v) is 8.39. The molecule has 4 aromatic heterocycles. The zero-order chi connectivity index (χ0) is 16.5. The van der Waals surface area contributed by atoms with Gasteiger partial charge in [-0.05, 0) is 24.6 Å². The summed E-state index contributed by atoms with van der Waals surface area (Å²) < 4.78 is 5.26. The van der Waals surface area contributed by atoms with E-state index in [1.807, 2.05) is 24.4 Å². The van der Waals surface area contributed by atoms with Gasteiger partial charge in [-0.3, -0.25) is 4.98 Å². The summed E-state index contributed by atoms with van der Waals surface area (Å²) >= 11 is 1.62. The van der Waals surface area contributed by atoms with Crippen LogP contribution in [0.15, 0.2) is 47.3 Å². The molecule has 120 valence electrons. The molecule has 0 fully saturated rings. The van der Waals surface area contributed by atoms with Crippen LogP contribution >= 0.6 is 11.3 Å². The summed E-state index contributed by atoms with van der Waals surface area (Å²) in [5, 5.41) is 0.874. The molecule has 0 aliphatic carbocycles. The molecule has 0 saturated heterocycles. The fourth-order valence-corrected chi connectivity index (χ4v) is 3.76. The van der Waals surface area contributed by atoms with Gasteiger partial charge in [0.2, 0.25) is 5.82 Å². The van der Waals surface area contributed by atoms with E-state index in [4.69, 9.17) is 10.2 Å². The van der Waals surface area contributed by atoms with Crippen LogP contribution in [0.2, 0.25) is 0 Å². The minimum absolute atomic E-state index is 0.319. The maximum absolute atomic E-state index is 6.09. The van der Waals surface area contributed by atoms with Gasteiger partial charge in [0.25, 0.3) is 5.89 Å². The molecule has 4 rings (SSSR count). The van der Waals surface area contributed by atoms with Crippen molar-refractivity contribution in [2.75, 3.05) is 5.73 Å². The predicted octanol–water partition coefficient (Wildman–Crippen LogP) is 3.67. The van der Waals surface area contributed by atoms with Crippen molar-refractivity contribution in [3.63, 3.8) is 0 Å². The molecule has 0 bridgehead atoms. The number of rotatable bonds is 4. The second-order valence-electron chi connectivity index (χ2n) is 5.56. The summed E-state index contributed by atoms with van der Waals surface area (Å²) in [5.41, 5.74) is 7.17. The highest BCUT2D eigenvalue weighted by atomic mass is 32.1. The van der Waals surface area contributed by atoms with E-state index in [1.54, 1.807) is 17.5 Å². The van der Waals surface area contributed by atoms with Crippen LogP contribution in [0.3, 0.4) is 0 Å². The third-order valence-electron chi connectivity index (χ3n) is 3.80. The largest absolute Gasteiger partial charge is 0.442 e. The average Bonchev–Trinajstić information content (AvgIpc) is 3.25. The van der Waals surface area contributed by atoms with Crippen LogP contribution in [0, 0.1) is 0 Å². The van der Waals surface area contributed by atoms with Crippen molar-refractivity contribution in [1.82, 2.24) is 19.9 Å². The number of fused-ring (bicyclic) bond motifs is 1. The lowest BCUT2D eigenvalue weighted by molar-refractivity contribution is 0.569. The second-order valence-corrected chi connectivity index (χ2v) is 6.68. The lowest BCUT2D eigenvalue weighted by Crippen LogP contribution is -1.99. The molecule has 4 aromatic rings. The van der Waals surface area contributed by atoms with Crippen molar-refractivity contribution in [2.45, 2.75) is 19.3 Å². The second kappa shape index (κ2) is 6.01. The first-order valence-electron chi connectivity index (χ1n) is 7.57. The first kappa shape index (κ1) is 14.8. The number of thiophene rings is 1. The third-order valence-corrected chi connectivity index (χ3v) is 4.85. The molecule has 0 aliphatic heterocycles. The predicted molar refractivity (Wildman–Crippen MR) is 93.7 cm³/mol. The maximum Gasteiger partial charge on any atom is 0.264 e. The van der Waals surface area contributed by atoms with Crippen molar-refractivity contribution < 1.29 is 4.42 Å². The Morgan fingerprint density at radius 1 is 1.21 bits per heavy atom. The minimum Gasteiger partial charge on any atom is -0.442 e. The molecule has 0 saturated carbocycles. The molecular formula is C17H15N5OS. The monoisotopic (exact) mass is 337 g/mol. The van der Waals surface area contributed by atoms with Gasteiger partial charge in [0.1, 0.15) is 16.9 Å². The highest BCUT2D eigenvalue weighted by Gasteiger charge is 2.15. The molecule has 7 heteroatoms. The zero-order valence-electron chi connectivity index (χ0n) is 13.0. The third kappa shape index (κ3) is 2.74. The van der Waals surface area contributed by atoms with Gasteiger partial charge in [-0.25, -0.2) is 15.0 Å². The number of nitrogens with zero attached hydrogens (tertiary/aromatic N) is 4. The average molecular weight is 337 g/mol. The molecular weight excluding hydrogens is 322 g/mol.